The van der Waals surface area contributed by atoms with E-state index in [4.69, 9.17) is 11.6 Å². The fourth-order valence-electron chi connectivity index (χ4n) is 2.14. The summed E-state index contributed by atoms with van der Waals surface area (Å²) >= 11 is 6.02. The summed E-state index contributed by atoms with van der Waals surface area (Å²) < 4.78 is 0. The van der Waals surface area contributed by atoms with Gasteiger partial charge in [0.05, 0.1) is 16.1 Å². The van der Waals surface area contributed by atoms with E-state index in [0.29, 0.717) is 21.5 Å². The van der Waals surface area contributed by atoms with Crippen LogP contribution >= 0.6 is 11.6 Å². The second-order valence-electron chi connectivity index (χ2n) is 4.21. The maximum atomic E-state index is 12.1. The maximum absolute atomic E-state index is 12.1. The Bertz CT molecular complexity index is 809. The van der Waals surface area contributed by atoms with Crippen LogP contribution in [0.2, 0.25) is 5.02 Å². The number of benzene rings is 2. The van der Waals surface area contributed by atoms with Crippen LogP contribution in [0.3, 0.4) is 0 Å². The molecule has 3 nitrogen and oxygen atoms in total. The molecule has 0 radical (unpaired) electrons. The van der Waals surface area contributed by atoms with Gasteiger partial charge in [-0.05, 0) is 17.7 Å². The van der Waals surface area contributed by atoms with Crippen molar-refractivity contribution >= 4 is 22.5 Å². The number of rotatable bonds is 1. The number of halogens is 1. The third-order valence-electron chi connectivity index (χ3n) is 3.03. The van der Waals surface area contributed by atoms with Gasteiger partial charge in [-0.2, -0.15) is 0 Å². The second-order valence-corrected chi connectivity index (χ2v) is 4.61. The van der Waals surface area contributed by atoms with Crippen LogP contribution in [-0.4, -0.2) is 10.1 Å². The molecule has 0 aliphatic rings. The molecule has 2 aromatic carbocycles. The molecule has 0 unspecified atom stereocenters. The third kappa shape index (κ3) is 1.88. The number of nitrogens with one attached hydrogen (secondary N) is 1. The molecule has 1 aromatic heterocycles. The molecule has 0 aliphatic heterocycles. The van der Waals surface area contributed by atoms with Gasteiger partial charge >= 0.3 is 0 Å². The number of H-pyrrole nitrogens is 1. The molecule has 94 valence electrons. The van der Waals surface area contributed by atoms with E-state index in [1.165, 1.54) is 0 Å². The van der Waals surface area contributed by atoms with Crippen molar-refractivity contribution in [3.63, 3.8) is 0 Å². The summed E-state index contributed by atoms with van der Waals surface area (Å²) in [5.41, 5.74) is 1.02. The summed E-state index contributed by atoms with van der Waals surface area (Å²) in [6, 6.07) is 14.2. The zero-order valence-electron chi connectivity index (χ0n) is 9.85. The van der Waals surface area contributed by atoms with E-state index >= 15 is 0 Å². The minimum absolute atomic E-state index is 0.0487. The lowest BCUT2D eigenvalue weighted by molar-refractivity contribution is 0.482. The molecule has 0 spiro atoms. The van der Waals surface area contributed by atoms with E-state index in [2.05, 4.69) is 4.98 Å². The number of fused-ring (bicyclic) bond motifs is 1. The quantitative estimate of drug-likeness (QED) is 0.711. The molecule has 2 N–H and O–H groups in total. The van der Waals surface area contributed by atoms with Crippen molar-refractivity contribution in [1.82, 2.24) is 4.98 Å². The summed E-state index contributed by atoms with van der Waals surface area (Å²) in [7, 11) is 0. The highest BCUT2D eigenvalue weighted by Crippen LogP contribution is 2.33. The number of para-hydroxylation sites is 1. The Hall–Kier alpha value is -2.26. The molecule has 0 fully saturated rings. The van der Waals surface area contributed by atoms with Gasteiger partial charge in [0.1, 0.15) is 5.75 Å². The molecule has 4 heteroatoms. The van der Waals surface area contributed by atoms with Gasteiger partial charge in [0.15, 0.2) is 0 Å². The van der Waals surface area contributed by atoms with Crippen molar-refractivity contribution in [2.45, 2.75) is 0 Å². The topological polar surface area (TPSA) is 53.1 Å². The standard InChI is InChI=1S/C15H10ClNO2/c16-11-8-4-7-10-13(11)17-15(19)12(14(10)18)9-5-2-1-3-6-9/h1-8H,(H2,17,18,19). The van der Waals surface area contributed by atoms with Crippen molar-refractivity contribution in [3.8, 4) is 16.9 Å². The van der Waals surface area contributed by atoms with Gasteiger partial charge in [-0.25, -0.2) is 0 Å². The first-order chi connectivity index (χ1) is 9.18. The van der Waals surface area contributed by atoms with Crippen LogP contribution in [0.25, 0.3) is 22.0 Å². The van der Waals surface area contributed by atoms with Crippen molar-refractivity contribution in [1.29, 1.82) is 0 Å². The molecule has 3 rings (SSSR count). The molecule has 0 amide bonds. The Morgan fingerprint density at radius 3 is 2.47 bits per heavy atom. The summed E-state index contributed by atoms with van der Waals surface area (Å²) in [6.07, 6.45) is 0. The van der Waals surface area contributed by atoms with Gasteiger partial charge in [0.2, 0.25) is 0 Å². The molecule has 0 aliphatic carbocycles. The highest BCUT2D eigenvalue weighted by molar-refractivity contribution is 6.35. The highest BCUT2D eigenvalue weighted by atomic mass is 35.5. The second kappa shape index (κ2) is 4.44. The Morgan fingerprint density at radius 2 is 1.74 bits per heavy atom. The molecular formula is C15H10ClNO2. The van der Waals surface area contributed by atoms with E-state index in [1.54, 1.807) is 30.3 Å². The van der Waals surface area contributed by atoms with E-state index in [9.17, 15) is 9.90 Å². The van der Waals surface area contributed by atoms with Gasteiger partial charge in [-0.1, -0.05) is 48.0 Å². The van der Waals surface area contributed by atoms with E-state index in [0.717, 1.165) is 0 Å². The normalized spacial score (nSPS) is 10.8. The minimum Gasteiger partial charge on any atom is -0.506 e. The zero-order chi connectivity index (χ0) is 13.4. The lowest BCUT2D eigenvalue weighted by Gasteiger charge is -2.08. The van der Waals surface area contributed by atoms with Gasteiger partial charge < -0.3 is 10.1 Å². The Labute approximate surface area is 114 Å². The fourth-order valence-corrected chi connectivity index (χ4v) is 2.36. The lowest BCUT2D eigenvalue weighted by Crippen LogP contribution is -2.09. The van der Waals surface area contributed by atoms with E-state index in [-0.39, 0.29) is 16.9 Å². The smallest absolute Gasteiger partial charge is 0.260 e. The van der Waals surface area contributed by atoms with Crippen molar-refractivity contribution in [3.05, 3.63) is 63.9 Å². The SMILES string of the molecule is O=c1[nH]c2c(Cl)cccc2c(O)c1-c1ccccc1. The number of hydrogen-bond acceptors (Lipinski definition) is 2. The maximum Gasteiger partial charge on any atom is 0.260 e. The molecule has 0 saturated heterocycles. The first kappa shape index (κ1) is 11.8. The molecule has 19 heavy (non-hydrogen) atoms. The number of pyridine rings is 1. The number of aromatic amines is 1. The molecule has 0 saturated carbocycles. The van der Waals surface area contributed by atoms with E-state index in [1.807, 2.05) is 18.2 Å². The van der Waals surface area contributed by atoms with Crippen LogP contribution in [0.4, 0.5) is 0 Å². The van der Waals surface area contributed by atoms with Gasteiger partial charge in [0.25, 0.3) is 5.56 Å². The monoisotopic (exact) mass is 271 g/mol. The van der Waals surface area contributed by atoms with Crippen LogP contribution in [-0.2, 0) is 0 Å². The van der Waals surface area contributed by atoms with Gasteiger partial charge in [-0.15, -0.1) is 0 Å². The summed E-state index contributed by atoms with van der Waals surface area (Å²) in [5.74, 6) is -0.0487. The molecule has 0 bridgehead atoms. The largest absolute Gasteiger partial charge is 0.506 e. The predicted molar refractivity (Wildman–Crippen MR) is 76.7 cm³/mol. The lowest BCUT2D eigenvalue weighted by atomic mass is 10.0. The summed E-state index contributed by atoms with van der Waals surface area (Å²) in [4.78, 5) is 14.9. The Morgan fingerprint density at radius 1 is 1.00 bits per heavy atom. The molecule has 1 heterocycles. The average Bonchev–Trinajstić information content (AvgIpc) is 2.41. The third-order valence-corrected chi connectivity index (χ3v) is 3.35. The zero-order valence-corrected chi connectivity index (χ0v) is 10.6. The first-order valence-electron chi connectivity index (χ1n) is 5.77. The van der Waals surface area contributed by atoms with Crippen LogP contribution in [0, 0.1) is 0 Å². The fraction of sp³-hybridized carbons (Fsp3) is 0. The van der Waals surface area contributed by atoms with Crippen LogP contribution < -0.4 is 5.56 Å². The average molecular weight is 272 g/mol. The molecule has 0 atom stereocenters. The number of aromatic hydroxyl groups is 1. The van der Waals surface area contributed by atoms with Crippen molar-refractivity contribution in [2.75, 3.05) is 0 Å². The van der Waals surface area contributed by atoms with Gasteiger partial charge in [-0.3, -0.25) is 4.79 Å². The van der Waals surface area contributed by atoms with Crippen LogP contribution in [0.1, 0.15) is 0 Å². The highest BCUT2D eigenvalue weighted by Gasteiger charge is 2.14. The van der Waals surface area contributed by atoms with E-state index < -0.39 is 0 Å². The van der Waals surface area contributed by atoms with Gasteiger partial charge in [0, 0.05) is 5.39 Å². The summed E-state index contributed by atoms with van der Waals surface area (Å²) in [6.45, 7) is 0. The van der Waals surface area contributed by atoms with Crippen molar-refractivity contribution < 1.29 is 5.11 Å². The van der Waals surface area contributed by atoms with Crippen LogP contribution in [0.15, 0.2) is 53.3 Å². The Balaban J connectivity index is 2.43. The molecular weight excluding hydrogens is 262 g/mol. The minimum atomic E-state index is -0.357. The first-order valence-corrected chi connectivity index (χ1v) is 6.15. The Kier molecular flexibility index (Phi) is 2.76. The predicted octanol–water partition coefficient (Wildman–Crippen LogP) is 3.55. The summed E-state index contributed by atoms with van der Waals surface area (Å²) in [5, 5.41) is 11.3. The number of hydrogen-bond donors (Lipinski definition) is 2. The number of aromatic nitrogens is 1. The van der Waals surface area contributed by atoms with Crippen molar-refractivity contribution in [2.24, 2.45) is 0 Å². The van der Waals surface area contributed by atoms with Crippen LogP contribution in [0.5, 0.6) is 5.75 Å². The molecule has 3 aromatic rings.